The number of alkyl halides is 3. The maximum atomic E-state index is 12.8. The number of hydrogen-bond donors (Lipinski definition) is 1. The summed E-state index contributed by atoms with van der Waals surface area (Å²) in [6.45, 7) is 2.78. The van der Waals surface area contributed by atoms with Crippen molar-refractivity contribution in [2.75, 3.05) is 11.9 Å². The van der Waals surface area contributed by atoms with Gasteiger partial charge >= 0.3 is 6.18 Å². The number of hydrogen-bond acceptors (Lipinski definition) is 4. The first-order valence-electron chi connectivity index (χ1n) is 9.53. The third-order valence-corrected chi connectivity index (χ3v) is 5.11. The SMILES string of the molecule is Cc1nc(CC(=O)N2CCc3c(cccc3Nc3ccc(C(F)(F)F)cc3)C2)co1. The number of carbonyl (C=O) groups is 1. The molecule has 156 valence electrons. The van der Waals surface area contributed by atoms with Crippen LogP contribution in [0.4, 0.5) is 24.5 Å². The molecule has 0 unspecified atom stereocenters. The van der Waals surface area contributed by atoms with E-state index in [1.807, 2.05) is 18.2 Å². The standard InChI is InChI=1S/C22H20F3N3O2/c1-14-26-18(13-30-14)11-21(29)28-10-9-19-15(12-28)3-2-4-20(19)27-17-7-5-16(6-8-17)22(23,24)25/h2-8,13,27H,9-12H2,1H3. The number of fused-ring (bicyclic) bond motifs is 1. The highest BCUT2D eigenvalue weighted by atomic mass is 19.4. The van der Waals surface area contributed by atoms with Gasteiger partial charge in [-0.1, -0.05) is 12.1 Å². The van der Waals surface area contributed by atoms with Crippen LogP contribution in [-0.4, -0.2) is 22.3 Å². The second kappa shape index (κ2) is 7.85. The van der Waals surface area contributed by atoms with Gasteiger partial charge in [0.15, 0.2) is 5.89 Å². The second-order valence-electron chi connectivity index (χ2n) is 7.24. The lowest BCUT2D eigenvalue weighted by molar-refractivity contribution is -0.137. The topological polar surface area (TPSA) is 58.4 Å². The number of aryl methyl sites for hydroxylation is 1. The summed E-state index contributed by atoms with van der Waals surface area (Å²) in [6.07, 6.45) is -2.01. The average Bonchev–Trinajstić information content (AvgIpc) is 3.12. The summed E-state index contributed by atoms with van der Waals surface area (Å²) in [6, 6.07) is 10.7. The quantitative estimate of drug-likeness (QED) is 0.660. The molecule has 2 aromatic carbocycles. The zero-order chi connectivity index (χ0) is 21.3. The van der Waals surface area contributed by atoms with E-state index >= 15 is 0 Å². The van der Waals surface area contributed by atoms with Crippen molar-refractivity contribution in [3.8, 4) is 0 Å². The maximum Gasteiger partial charge on any atom is 0.416 e. The highest BCUT2D eigenvalue weighted by molar-refractivity contribution is 5.79. The number of nitrogens with zero attached hydrogens (tertiary/aromatic N) is 2. The van der Waals surface area contributed by atoms with E-state index < -0.39 is 11.7 Å². The molecule has 1 aliphatic heterocycles. The first-order chi connectivity index (χ1) is 14.3. The van der Waals surface area contributed by atoms with Gasteiger partial charge in [0.25, 0.3) is 0 Å². The zero-order valence-electron chi connectivity index (χ0n) is 16.3. The third-order valence-electron chi connectivity index (χ3n) is 5.11. The van der Waals surface area contributed by atoms with Crippen molar-refractivity contribution in [1.29, 1.82) is 0 Å². The fourth-order valence-corrected chi connectivity index (χ4v) is 3.59. The van der Waals surface area contributed by atoms with Crippen LogP contribution in [0.3, 0.4) is 0 Å². The highest BCUT2D eigenvalue weighted by Crippen LogP contribution is 2.32. The Kier molecular flexibility index (Phi) is 5.24. The van der Waals surface area contributed by atoms with Crippen molar-refractivity contribution in [2.45, 2.75) is 32.5 Å². The lowest BCUT2D eigenvalue weighted by Gasteiger charge is -2.30. The summed E-state index contributed by atoms with van der Waals surface area (Å²) in [5, 5.41) is 3.20. The van der Waals surface area contributed by atoms with E-state index in [2.05, 4.69) is 10.3 Å². The number of rotatable bonds is 4. The molecule has 0 saturated carbocycles. The molecule has 5 nitrogen and oxygen atoms in total. The van der Waals surface area contributed by atoms with E-state index in [9.17, 15) is 18.0 Å². The van der Waals surface area contributed by atoms with E-state index in [4.69, 9.17) is 4.42 Å². The number of aromatic nitrogens is 1. The highest BCUT2D eigenvalue weighted by Gasteiger charge is 2.30. The molecule has 3 aromatic rings. The van der Waals surface area contributed by atoms with Gasteiger partial charge in [-0.25, -0.2) is 4.98 Å². The molecule has 1 amide bonds. The van der Waals surface area contributed by atoms with Crippen molar-refractivity contribution in [3.05, 3.63) is 77.0 Å². The van der Waals surface area contributed by atoms with Crippen LogP contribution in [0.5, 0.6) is 0 Å². The number of carbonyl (C=O) groups excluding carboxylic acids is 1. The van der Waals surface area contributed by atoms with Gasteiger partial charge in [-0.05, 0) is 47.9 Å². The Morgan fingerprint density at radius 3 is 2.63 bits per heavy atom. The number of nitrogens with one attached hydrogen (secondary N) is 1. The Labute approximate surface area is 171 Å². The number of anilines is 2. The molecule has 2 heterocycles. The summed E-state index contributed by atoms with van der Waals surface area (Å²) in [5.41, 5.74) is 3.44. The molecule has 0 aliphatic carbocycles. The van der Waals surface area contributed by atoms with Gasteiger partial charge in [-0.2, -0.15) is 13.2 Å². The summed E-state index contributed by atoms with van der Waals surface area (Å²) >= 11 is 0. The van der Waals surface area contributed by atoms with Crippen LogP contribution in [0.1, 0.15) is 28.3 Å². The van der Waals surface area contributed by atoms with E-state index in [0.717, 1.165) is 28.9 Å². The van der Waals surface area contributed by atoms with Crippen LogP contribution < -0.4 is 5.32 Å². The Balaban J connectivity index is 1.46. The van der Waals surface area contributed by atoms with Crippen LogP contribution in [0.25, 0.3) is 0 Å². The summed E-state index contributed by atoms with van der Waals surface area (Å²) < 4.78 is 43.4. The zero-order valence-corrected chi connectivity index (χ0v) is 16.3. The Hall–Kier alpha value is -3.29. The molecule has 0 radical (unpaired) electrons. The smallest absolute Gasteiger partial charge is 0.416 e. The molecule has 0 fully saturated rings. The van der Waals surface area contributed by atoms with Gasteiger partial charge < -0.3 is 14.6 Å². The predicted octanol–water partition coefficient (Wildman–Crippen LogP) is 4.87. The van der Waals surface area contributed by atoms with Gasteiger partial charge in [0, 0.05) is 31.4 Å². The summed E-state index contributed by atoms with van der Waals surface area (Å²) in [7, 11) is 0. The molecule has 4 rings (SSSR count). The largest absolute Gasteiger partial charge is 0.449 e. The van der Waals surface area contributed by atoms with Gasteiger partial charge in [0.2, 0.25) is 5.91 Å². The third kappa shape index (κ3) is 4.32. The van der Waals surface area contributed by atoms with Crippen LogP contribution in [0.15, 0.2) is 53.1 Å². The van der Waals surface area contributed by atoms with Crippen LogP contribution >= 0.6 is 0 Å². The van der Waals surface area contributed by atoms with Crippen molar-refractivity contribution in [2.24, 2.45) is 0 Å². The van der Waals surface area contributed by atoms with Crippen molar-refractivity contribution >= 4 is 17.3 Å². The maximum absolute atomic E-state index is 12.8. The number of halogens is 3. The number of benzene rings is 2. The van der Waals surface area contributed by atoms with Crippen molar-refractivity contribution in [1.82, 2.24) is 9.88 Å². The van der Waals surface area contributed by atoms with Crippen molar-refractivity contribution < 1.29 is 22.4 Å². The van der Waals surface area contributed by atoms with Crippen molar-refractivity contribution in [3.63, 3.8) is 0 Å². The summed E-state index contributed by atoms with van der Waals surface area (Å²) in [4.78, 5) is 18.6. The molecular formula is C22H20F3N3O2. The van der Waals surface area contributed by atoms with Gasteiger partial charge in [0.05, 0.1) is 17.7 Å². The van der Waals surface area contributed by atoms with Gasteiger partial charge in [-0.3, -0.25) is 4.79 Å². The Morgan fingerprint density at radius 2 is 1.97 bits per heavy atom. The minimum atomic E-state index is -4.36. The Morgan fingerprint density at radius 1 is 1.20 bits per heavy atom. The van der Waals surface area contributed by atoms with Crippen LogP contribution in [0.2, 0.25) is 0 Å². The molecule has 0 saturated heterocycles. The predicted molar refractivity (Wildman–Crippen MR) is 105 cm³/mol. The van der Waals surface area contributed by atoms with Crippen LogP contribution in [0, 0.1) is 6.92 Å². The first-order valence-corrected chi connectivity index (χ1v) is 9.53. The number of oxazole rings is 1. The van der Waals surface area contributed by atoms with Crippen LogP contribution in [-0.2, 0) is 30.4 Å². The first kappa shape index (κ1) is 20.0. The molecule has 30 heavy (non-hydrogen) atoms. The second-order valence-corrected chi connectivity index (χ2v) is 7.24. The monoisotopic (exact) mass is 415 g/mol. The normalized spacial score (nSPS) is 13.8. The number of amides is 1. The molecule has 8 heteroatoms. The molecule has 1 N–H and O–H groups in total. The molecular weight excluding hydrogens is 395 g/mol. The molecule has 1 aromatic heterocycles. The van der Waals surface area contributed by atoms with Gasteiger partial charge in [-0.15, -0.1) is 0 Å². The van der Waals surface area contributed by atoms with E-state index in [1.54, 1.807) is 11.8 Å². The summed E-state index contributed by atoms with van der Waals surface area (Å²) in [5.74, 6) is 0.510. The van der Waals surface area contributed by atoms with E-state index in [-0.39, 0.29) is 12.3 Å². The fourth-order valence-electron chi connectivity index (χ4n) is 3.59. The van der Waals surface area contributed by atoms with E-state index in [0.29, 0.717) is 36.8 Å². The Bertz CT molecular complexity index is 1060. The van der Waals surface area contributed by atoms with Gasteiger partial charge in [0.1, 0.15) is 6.26 Å². The lowest BCUT2D eigenvalue weighted by atomic mass is 9.97. The minimum absolute atomic E-state index is 0.0185. The molecule has 1 aliphatic rings. The van der Waals surface area contributed by atoms with E-state index in [1.165, 1.54) is 18.4 Å². The minimum Gasteiger partial charge on any atom is -0.449 e. The molecule has 0 atom stereocenters. The lowest BCUT2D eigenvalue weighted by Crippen LogP contribution is -2.37. The molecule has 0 spiro atoms. The fraction of sp³-hybridized carbons (Fsp3) is 0.273. The molecule has 0 bridgehead atoms. The average molecular weight is 415 g/mol.